The molecule has 42 valence electrons. The Morgan fingerprint density at radius 2 is 0.833 bits per heavy atom. The summed E-state index contributed by atoms with van der Waals surface area (Å²) in [6, 6.07) is 0. The van der Waals surface area contributed by atoms with Gasteiger partial charge in [-0.05, 0) is 0 Å². The summed E-state index contributed by atoms with van der Waals surface area (Å²) >= 11 is 0. The van der Waals surface area contributed by atoms with E-state index >= 15 is 0 Å². The van der Waals surface area contributed by atoms with E-state index < -0.39 is 7.26 Å². The van der Waals surface area contributed by atoms with Crippen LogP contribution in [0.2, 0.25) is 0 Å². The molecule has 0 aliphatic carbocycles. The molecule has 0 aliphatic rings. The van der Waals surface area contributed by atoms with Gasteiger partial charge in [-0.25, -0.2) is 0 Å². The van der Waals surface area contributed by atoms with Gasteiger partial charge in [0.05, 0.1) is 0 Å². The molecule has 0 fully saturated rings. The minimum Gasteiger partial charge on any atom is -0.412 e. The van der Waals surface area contributed by atoms with Crippen molar-refractivity contribution >= 4 is 7.26 Å². The molecule has 0 bridgehead atoms. The second kappa shape index (κ2) is 2.54. The van der Waals surface area contributed by atoms with Gasteiger partial charge in [0.2, 0.25) is 0 Å². The zero-order chi connectivity index (χ0) is 4.50. The van der Waals surface area contributed by atoms with E-state index in [1.165, 1.54) is 0 Å². The minimum absolute atomic E-state index is 0. The fourth-order valence-corrected chi connectivity index (χ4v) is 0. The van der Waals surface area contributed by atoms with Gasteiger partial charge in [0.25, 0.3) is 0 Å². The van der Waals surface area contributed by atoms with E-state index in [0.29, 0.717) is 0 Å². The van der Waals surface area contributed by atoms with Crippen LogP contribution in [0.3, 0.4) is 0 Å². The molecular weight excluding hydrogens is 95.0 g/mol. The van der Waals surface area contributed by atoms with Gasteiger partial charge in [0, 0.05) is 0 Å². The van der Waals surface area contributed by atoms with E-state index in [0.717, 1.165) is 0 Å². The molecule has 0 aromatic rings. The Balaban J connectivity index is 0. The van der Waals surface area contributed by atoms with Crippen LogP contribution in [0.1, 0.15) is 0 Å². The molecule has 0 amide bonds. The summed E-state index contributed by atoms with van der Waals surface area (Å²) in [5, 5.41) is 0. The van der Waals surface area contributed by atoms with Crippen molar-refractivity contribution in [1.29, 1.82) is 0 Å². The average Bonchev–Trinajstić information content (AvgIpc) is 0.722. The summed E-state index contributed by atoms with van der Waals surface area (Å²) in [5.74, 6) is 0. The topological polar surface area (TPSA) is 31.5 Å². The van der Waals surface area contributed by atoms with Gasteiger partial charge in [-0.3, -0.25) is 0 Å². The van der Waals surface area contributed by atoms with Crippen LogP contribution in [0.5, 0.6) is 0 Å². The van der Waals surface area contributed by atoms with E-state index in [1.807, 2.05) is 0 Å². The summed E-state index contributed by atoms with van der Waals surface area (Å²) in [6.07, 6.45) is 0. The fourth-order valence-electron chi connectivity index (χ4n) is 0. The largest absolute Gasteiger partial charge is 0.412 e. The molecule has 2 heteroatoms. The van der Waals surface area contributed by atoms with Crippen molar-refractivity contribution in [3.63, 3.8) is 0 Å². The Morgan fingerprint density at radius 3 is 0.833 bits per heavy atom. The van der Waals surface area contributed by atoms with Gasteiger partial charge in [0.15, 0.2) is 0 Å². The molecular formula is C4H15OP. The molecule has 0 atom stereocenters. The predicted molar refractivity (Wildman–Crippen MR) is 35.6 cm³/mol. The zero-order valence-corrected chi connectivity index (χ0v) is 6.00. The summed E-state index contributed by atoms with van der Waals surface area (Å²) in [5.41, 5.74) is 0. The first-order chi connectivity index (χ1) is 2.00. The Morgan fingerprint density at radius 1 is 0.833 bits per heavy atom. The molecule has 0 unspecified atom stereocenters. The van der Waals surface area contributed by atoms with Crippen molar-refractivity contribution in [2.24, 2.45) is 0 Å². The Bertz CT molecular complexity index is 23.0. The first-order valence-corrected chi connectivity index (χ1v) is 6.00. The number of rotatable bonds is 0. The summed E-state index contributed by atoms with van der Waals surface area (Å²) in [4.78, 5) is 0. The number of hydrogen-bond acceptors (Lipinski definition) is 0. The third-order valence-electron chi connectivity index (χ3n) is 0. The van der Waals surface area contributed by atoms with Crippen LogP contribution in [0.25, 0.3) is 0 Å². The standard InChI is InChI=1S/C4H13P.H2O/c1-5(2,3)4;/h5H,1-4H3;1H2. The molecule has 2 N–H and O–H groups in total. The maximum absolute atomic E-state index is 2.33. The molecule has 0 spiro atoms. The molecule has 0 saturated heterocycles. The molecule has 0 aromatic carbocycles. The molecule has 0 rings (SSSR count). The van der Waals surface area contributed by atoms with E-state index in [1.54, 1.807) is 0 Å². The van der Waals surface area contributed by atoms with Crippen molar-refractivity contribution in [3.8, 4) is 0 Å². The third-order valence-corrected chi connectivity index (χ3v) is 0. The monoisotopic (exact) mass is 110 g/mol. The van der Waals surface area contributed by atoms with Crippen LogP contribution in [-0.2, 0) is 0 Å². The van der Waals surface area contributed by atoms with Gasteiger partial charge < -0.3 is 5.48 Å². The van der Waals surface area contributed by atoms with E-state index in [4.69, 9.17) is 0 Å². The normalized spacial score (nSPS) is 12.7. The fraction of sp³-hybridized carbons (Fsp3) is 1.00. The molecule has 0 heterocycles. The second-order valence-corrected chi connectivity index (χ2v) is 9.00. The summed E-state index contributed by atoms with van der Waals surface area (Å²) < 4.78 is 0. The average molecular weight is 110 g/mol. The van der Waals surface area contributed by atoms with Crippen LogP contribution >= 0.6 is 7.26 Å². The quantitative estimate of drug-likeness (QED) is 0.405. The smallest absolute Gasteiger partial charge is 0.412 e. The van der Waals surface area contributed by atoms with Crippen molar-refractivity contribution < 1.29 is 5.48 Å². The first kappa shape index (κ1) is 9.63. The maximum Gasteiger partial charge on any atom is -0.412 e. The summed E-state index contributed by atoms with van der Waals surface area (Å²) in [7, 11) is -0.611. The Kier molecular flexibility index (Phi) is 4.08. The van der Waals surface area contributed by atoms with Crippen molar-refractivity contribution in [2.45, 2.75) is 0 Å². The van der Waals surface area contributed by atoms with Crippen LogP contribution < -0.4 is 0 Å². The van der Waals surface area contributed by atoms with E-state index in [2.05, 4.69) is 26.7 Å². The van der Waals surface area contributed by atoms with Gasteiger partial charge in [-0.15, -0.1) is 0 Å². The zero-order valence-electron chi connectivity index (χ0n) is 5.00. The first-order valence-electron chi connectivity index (χ1n) is 2.00. The van der Waals surface area contributed by atoms with Crippen LogP contribution in [0.4, 0.5) is 0 Å². The van der Waals surface area contributed by atoms with Gasteiger partial charge >= 0.3 is 33.9 Å². The molecule has 6 heavy (non-hydrogen) atoms. The second-order valence-electron chi connectivity index (χ2n) is 3.00. The Hall–Kier alpha value is 0.390. The van der Waals surface area contributed by atoms with E-state index in [9.17, 15) is 0 Å². The third kappa shape index (κ3) is 332. The van der Waals surface area contributed by atoms with E-state index in [-0.39, 0.29) is 5.48 Å². The SMILES string of the molecule is C[PH](C)(C)C.O. The minimum atomic E-state index is -0.611. The van der Waals surface area contributed by atoms with Gasteiger partial charge in [-0.1, -0.05) is 0 Å². The number of hydrogen-bond donors (Lipinski definition) is 0. The van der Waals surface area contributed by atoms with Crippen molar-refractivity contribution in [2.75, 3.05) is 26.7 Å². The van der Waals surface area contributed by atoms with Crippen molar-refractivity contribution in [3.05, 3.63) is 0 Å². The predicted octanol–water partition coefficient (Wildman–Crippen LogP) is 0.431. The van der Waals surface area contributed by atoms with Crippen LogP contribution in [0, 0.1) is 0 Å². The summed E-state index contributed by atoms with van der Waals surface area (Å²) in [6.45, 7) is 9.31. The maximum atomic E-state index is 2.33. The Labute approximate surface area is 40.4 Å². The van der Waals surface area contributed by atoms with Gasteiger partial charge in [0.1, 0.15) is 0 Å². The molecule has 0 radical (unpaired) electrons. The van der Waals surface area contributed by atoms with Crippen molar-refractivity contribution in [1.82, 2.24) is 0 Å². The van der Waals surface area contributed by atoms with Crippen LogP contribution in [-0.4, -0.2) is 32.1 Å². The molecule has 0 saturated carbocycles. The molecule has 0 aromatic heterocycles. The van der Waals surface area contributed by atoms with Crippen LogP contribution in [0.15, 0.2) is 0 Å². The van der Waals surface area contributed by atoms with Gasteiger partial charge in [-0.2, -0.15) is 0 Å². The molecule has 1 nitrogen and oxygen atoms in total. The molecule has 0 aliphatic heterocycles.